The second kappa shape index (κ2) is 6.54. The number of amides is 1. The van der Waals surface area contributed by atoms with E-state index in [0.717, 1.165) is 5.69 Å². The van der Waals surface area contributed by atoms with Crippen LogP contribution in [0.1, 0.15) is 30.6 Å². The molecule has 1 amide bonds. The molecule has 112 valence electrons. The van der Waals surface area contributed by atoms with Gasteiger partial charge >= 0.3 is 0 Å². The van der Waals surface area contributed by atoms with Gasteiger partial charge in [0.2, 0.25) is 0 Å². The van der Waals surface area contributed by atoms with E-state index in [1.54, 1.807) is 17.1 Å². The van der Waals surface area contributed by atoms with Gasteiger partial charge < -0.3 is 10.4 Å². The summed E-state index contributed by atoms with van der Waals surface area (Å²) in [6.45, 7) is 4.66. The third-order valence-electron chi connectivity index (χ3n) is 3.38. The maximum atomic E-state index is 12.1. The Hall–Kier alpha value is -2.14. The summed E-state index contributed by atoms with van der Waals surface area (Å²) in [5, 5.41) is 16.1. The van der Waals surface area contributed by atoms with Crippen LogP contribution in [0.5, 0.6) is 0 Å². The number of rotatable bonds is 6. The number of aromatic nitrogens is 2. The predicted molar refractivity (Wildman–Crippen MR) is 81.4 cm³/mol. The molecule has 5 nitrogen and oxygen atoms in total. The monoisotopic (exact) mass is 287 g/mol. The molecule has 0 aliphatic carbocycles. The van der Waals surface area contributed by atoms with Crippen molar-refractivity contribution in [3.8, 4) is 5.69 Å². The zero-order valence-electron chi connectivity index (χ0n) is 12.4. The summed E-state index contributed by atoms with van der Waals surface area (Å²) >= 11 is 0. The Labute approximate surface area is 124 Å². The maximum absolute atomic E-state index is 12.1. The fraction of sp³-hybridized carbons (Fsp3) is 0.375. The van der Waals surface area contributed by atoms with Gasteiger partial charge in [0.05, 0.1) is 17.4 Å². The lowest BCUT2D eigenvalue weighted by Crippen LogP contribution is -2.34. The molecule has 0 aliphatic rings. The summed E-state index contributed by atoms with van der Waals surface area (Å²) in [5.74, 6) is -0.150. The van der Waals surface area contributed by atoms with Crippen molar-refractivity contribution in [2.75, 3.05) is 13.2 Å². The van der Waals surface area contributed by atoms with E-state index in [1.165, 1.54) is 0 Å². The van der Waals surface area contributed by atoms with Crippen LogP contribution >= 0.6 is 0 Å². The Morgan fingerprint density at radius 1 is 1.33 bits per heavy atom. The average molecular weight is 287 g/mol. The normalized spacial score (nSPS) is 11.4. The maximum Gasteiger partial charge on any atom is 0.254 e. The molecule has 1 aromatic carbocycles. The summed E-state index contributed by atoms with van der Waals surface area (Å²) in [6, 6.07) is 9.64. The highest BCUT2D eigenvalue weighted by molar-refractivity contribution is 5.93. The van der Waals surface area contributed by atoms with Crippen LogP contribution in [0, 0.1) is 5.41 Å². The van der Waals surface area contributed by atoms with E-state index in [4.69, 9.17) is 5.11 Å². The molecule has 0 saturated carbocycles. The lowest BCUT2D eigenvalue weighted by Gasteiger charge is -2.23. The van der Waals surface area contributed by atoms with Gasteiger partial charge in [-0.15, -0.1) is 0 Å². The number of aliphatic hydroxyl groups excluding tert-OH is 1. The predicted octanol–water partition coefficient (Wildman–Crippen LogP) is 2.01. The van der Waals surface area contributed by atoms with E-state index in [2.05, 4.69) is 10.4 Å². The van der Waals surface area contributed by atoms with Crippen LogP contribution in [0.15, 0.2) is 42.7 Å². The van der Waals surface area contributed by atoms with Crippen LogP contribution in [0.2, 0.25) is 0 Å². The number of hydrogen-bond donors (Lipinski definition) is 2. The van der Waals surface area contributed by atoms with Crippen molar-refractivity contribution in [3.63, 3.8) is 0 Å². The molecule has 1 aromatic heterocycles. The first-order chi connectivity index (χ1) is 10.0. The molecule has 5 heteroatoms. The van der Waals surface area contributed by atoms with Crippen LogP contribution in [0.3, 0.4) is 0 Å². The molecule has 2 rings (SSSR count). The zero-order chi connectivity index (χ0) is 15.3. The van der Waals surface area contributed by atoms with Gasteiger partial charge in [-0.25, -0.2) is 4.68 Å². The smallest absolute Gasteiger partial charge is 0.254 e. The van der Waals surface area contributed by atoms with Crippen molar-refractivity contribution in [1.82, 2.24) is 15.1 Å². The Morgan fingerprint density at radius 3 is 2.71 bits per heavy atom. The molecule has 0 bridgehead atoms. The number of nitrogens with zero attached hydrogens (tertiary/aromatic N) is 2. The fourth-order valence-electron chi connectivity index (χ4n) is 1.97. The van der Waals surface area contributed by atoms with Crippen LogP contribution in [0.4, 0.5) is 0 Å². The van der Waals surface area contributed by atoms with Gasteiger partial charge in [-0.2, -0.15) is 5.10 Å². The molecule has 2 N–H and O–H groups in total. The van der Waals surface area contributed by atoms with Gasteiger partial charge in [0.1, 0.15) is 0 Å². The SMILES string of the molecule is CC(C)(CCO)CNC(=O)c1cnn(-c2ccccc2)c1. The number of carbonyl (C=O) groups is 1. The number of aliphatic hydroxyl groups is 1. The van der Waals surface area contributed by atoms with Gasteiger partial charge in [0.15, 0.2) is 0 Å². The molecule has 2 aromatic rings. The number of hydrogen-bond acceptors (Lipinski definition) is 3. The number of benzene rings is 1. The lowest BCUT2D eigenvalue weighted by atomic mass is 9.90. The van der Waals surface area contributed by atoms with E-state index < -0.39 is 0 Å². The van der Waals surface area contributed by atoms with Gasteiger partial charge in [0.25, 0.3) is 5.91 Å². The quantitative estimate of drug-likeness (QED) is 0.854. The molecule has 0 aliphatic heterocycles. The minimum absolute atomic E-state index is 0.120. The summed E-state index contributed by atoms with van der Waals surface area (Å²) in [4.78, 5) is 12.1. The van der Waals surface area contributed by atoms with Crippen molar-refractivity contribution in [3.05, 3.63) is 48.3 Å². The molecule has 0 radical (unpaired) electrons. The van der Waals surface area contributed by atoms with Crippen molar-refractivity contribution in [1.29, 1.82) is 0 Å². The first-order valence-electron chi connectivity index (χ1n) is 7.01. The van der Waals surface area contributed by atoms with Crippen LogP contribution < -0.4 is 5.32 Å². The van der Waals surface area contributed by atoms with Crippen molar-refractivity contribution < 1.29 is 9.90 Å². The van der Waals surface area contributed by atoms with Crippen molar-refractivity contribution in [2.45, 2.75) is 20.3 Å². The Balaban J connectivity index is 2.00. The van der Waals surface area contributed by atoms with E-state index >= 15 is 0 Å². The molecule has 0 saturated heterocycles. The van der Waals surface area contributed by atoms with E-state index in [1.807, 2.05) is 44.2 Å². The number of para-hydroxylation sites is 1. The van der Waals surface area contributed by atoms with E-state index in [9.17, 15) is 4.79 Å². The van der Waals surface area contributed by atoms with Crippen molar-refractivity contribution in [2.24, 2.45) is 5.41 Å². The molecule has 21 heavy (non-hydrogen) atoms. The van der Waals surface area contributed by atoms with Gasteiger partial charge in [0, 0.05) is 19.3 Å². The largest absolute Gasteiger partial charge is 0.396 e. The number of nitrogens with one attached hydrogen (secondary N) is 1. The molecule has 0 fully saturated rings. The van der Waals surface area contributed by atoms with Gasteiger partial charge in [-0.05, 0) is 24.0 Å². The second-order valence-electron chi connectivity index (χ2n) is 5.83. The minimum Gasteiger partial charge on any atom is -0.396 e. The van der Waals surface area contributed by atoms with Crippen LogP contribution in [-0.2, 0) is 0 Å². The van der Waals surface area contributed by atoms with E-state index in [0.29, 0.717) is 18.5 Å². The summed E-state index contributed by atoms with van der Waals surface area (Å²) in [5.41, 5.74) is 1.32. The highest BCUT2D eigenvalue weighted by Crippen LogP contribution is 2.18. The molecular weight excluding hydrogens is 266 g/mol. The molecule has 0 spiro atoms. The van der Waals surface area contributed by atoms with Gasteiger partial charge in [-0.1, -0.05) is 32.0 Å². The first kappa shape index (κ1) is 15.3. The van der Waals surface area contributed by atoms with Crippen molar-refractivity contribution >= 4 is 5.91 Å². The highest BCUT2D eigenvalue weighted by atomic mass is 16.3. The Kier molecular flexibility index (Phi) is 4.75. The zero-order valence-corrected chi connectivity index (χ0v) is 12.4. The fourth-order valence-corrected chi connectivity index (χ4v) is 1.97. The van der Waals surface area contributed by atoms with Gasteiger partial charge in [-0.3, -0.25) is 4.79 Å². The molecule has 0 unspecified atom stereocenters. The second-order valence-corrected chi connectivity index (χ2v) is 5.83. The minimum atomic E-state index is -0.150. The number of carbonyl (C=O) groups excluding carboxylic acids is 1. The Bertz CT molecular complexity index is 591. The molecule has 1 heterocycles. The van der Waals surface area contributed by atoms with Crippen LogP contribution in [0.25, 0.3) is 5.69 Å². The third kappa shape index (κ3) is 4.16. The summed E-state index contributed by atoms with van der Waals surface area (Å²) < 4.78 is 1.67. The first-order valence-corrected chi connectivity index (χ1v) is 7.01. The average Bonchev–Trinajstić information content (AvgIpc) is 2.96. The lowest BCUT2D eigenvalue weighted by molar-refractivity contribution is 0.0928. The van der Waals surface area contributed by atoms with Crippen LogP contribution in [-0.4, -0.2) is 33.9 Å². The summed E-state index contributed by atoms with van der Waals surface area (Å²) in [7, 11) is 0. The highest BCUT2D eigenvalue weighted by Gasteiger charge is 2.19. The topological polar surface area (TPSA) is 67.2 Å². The molecular formula is C16H21N3O2. The van der Waals surface area contributed by atoms with E-state index in [-0.39, 0.29) is 17.9 Å². The third-order valence-corrected chi connectivity index (χ3v) is 3.38. The Morgan fingerprint density at radius 2 is 2.05 bits per heavy atom. The molecule has 0 atom stereocenters. The summed E-state index contributed by atoms with van der Waals surface area (Å²) in [6.07, 6.45) is 3.92. The standard InChI is InChI=1S/C16H21N3O2/c1-16(2,8-9-20)12-17-15(21)13-10-18-19(11-13)14-6-4-3-5-7-14/h3-7,10-11,20H,8-9,12H2,1-2H3,(H,17,21).